The average molecular weight is 452 g/mol. The molecule has 174 valence electrons. The second-order valence-corrected chi connectivity index (χ2v) is 7.45. The number of esters is 2. The summed E-state index contributed by atoms with van der Waals surface area (Å²) in [5.74, 6) is 0.658. The number of nitrogens with zero attached hydrogens (tertiary/aromatic N) is 1. The maximum atomic E-state index is 12.2. The van der Waals surface area contributed by atoms with Crippen LogP contribution in [-0.2, 0) is 14.3 Å². The third kappa shape index (κ3) is 8.00. The summed E-state index contributed by atoms with van der Waals surface area (Å²) in [6.07, 6.45) is 2.06. The zero-order chi connectivity index (χ0) is 24.2. The molecule has 0 atom stereocenters. The Kier molecular flexibility index (Phi) is 9.97. The molecule has 0 aliphatic carbocycles. The normalized spacial score (nSPS) is 11.0. The molecule has 0 radical (unpaired) electrons. The second-order valence-electron chi connectivity index (χ2n) is 7.45. The molecule has 2 rings (SSSR count). The van der Waals surface area contributed by atoms with Crippen LogP contribution < -0.4 is 14.2 Å². The molecular formula is C26H29NO6. The lowest BCUT2D eigenvalue weighted by Gasteiger charge is -2.11. The molecule has 0 unspecified atom stereocenters. The Bertz CT molecular complexity index is 1020. The van der Waals surface area contributed by atoms with E-state index < -0.39 is 11.9 Å². The molecule has 0 N–H and O–H groups in total. The molecule has 0 aliphatic rings. The van der Waals surface area contributed by atoms with Crippen LogP contribution in [0.3, 0.4) is 0 Å². The number of hydrogen-bond donors (Lipinski definition) is 0. The number of ether oxygens (including phenoxy) is 4. The molecule has 7 heteroatoms. The SMILES string of the molecule is CCOC(=O)/C(C#N)=C/c1ccc(OC(=O)CCCOc2ccc(C(C)C)cc2)c(OC)c1. The number of carbonyl (C=O) groups excluding carboxylic acids is 2. The quantitative estimate of drug-likeness (QED) is 0.155. The Hall–Kier alpha value is -3.79. The molecule has 2 aromatic carbocycles. The lowest BCUT2D eigenvalue weighted by molar-refractivity contribution is -0.138. The number of hydrogen-bond acceptors (Lipinski definition) is 7. The fourth-order valence-corrected chi connectivity index (χ4v) is 2.90. The summed E-state index contributed by atoms with van der Waals surface area (Å²) in [7, 11) is 1.44. The molecule has 2 aromatic rings. The van der Waals surface area contributed by atoms with E-state index in [-0.39, 0.29) is 24.4 Å². The van der Waals surface area contributed by atoms with Crippen molar-refractivity contribution in [1.82, 2.24) is 0 Å². The van der Waals surface area contributed by atoms with Crippen LogP contribution >= 0.6 is 0 Å². The van der Waals surface area contributed by atoms with Crippen LogP contribution in [0.25, 0.3) is 6.08 Å². The van der Waals surface area contributed by atoms with Gasteiger partial charge in [0.1, 0.15) is 17.4 Å². The van der Waals surface area contributed by atoms with E-state index in [0.717, 1.165) is 5.75 Å². The van der Waals surface area contributed by atoms with Crippen LogP contribution in [0.15, 0.2) is 48.0 Å². The van der Waals surface area contributed by atoms with E-state index >= 15 is 0 Å². The molecule has 0 saturated heterocycles. The van der Waals surface area contributed by atoms with Gasteiger partial charge >= 0.3 is 11.9 Å². The summed E-state index contributed by atoms with van der Waals surface area (Å²) < 4.78 is 21.2. The van der Waals surface area contributed by atoms with Crippen molar-refractivity contribution >= 4 is 18.0 Å². The first-order valence-electron chi connectivity index (χ1n) is 10.8. The number of benzene rings is 2. The van der Waals surface area contributed by atoms with Gasteiger partial charge in [-0.15, -0.1) is 0 Å². The lowest BCUT2D eigenvalue weighted by atomic mass is 10.0. The largest absolute Gasteiger partial charge is 0.494 e. The monoisotopic (exact) mass is 451 g/mol. The van der Waals surface area contributed by atoms with Crippen molar-refractivity contribution in [2.24, 2.45) is 0 Å². The van der Waals surface area contributed by atoms with Crippen molar-refractivity contribution in [3.63, 3.8) is 0 Å². The highest BCUT2D eigenvalue weighted by Gasteiger charge is 2.13. The number of methoxy groups -OCH3 is 1. The minimum Gasteiger partial charge on any atom is -0.494 e. The van der Waals surface area contributed by atoms with Gasteiger partial charge in [0, 0.05) is 6.42 Å². The Morgan fingerprint density at radius 1 is 1.09 bits per heavy atom. The molecule has 0 fully saturated rings. The molecule has 0 heterocycles. The topological polar surface area (TPSA) is 94.9 Å². The first-order valence-corrected chi connectivity index (χ1v) is 10.8. The van der Waals surface area contributed by atoms with Gasteiger partial charge in [-0.05, 0) is 60.7 Å². The maximum Gasteiger partial charge on any atom is 0.348 e. The van der Waals surface area contributed by atoms with Crippen LogP contribution in [0.2, 0.25) is 0 Å². The third-order valence-corrected chi connectivity index (χ3v) is 4.68. The minimum atomic E-state index is -0.701. The van der Waals surface area contributed by atoms with Crippen LogP contribution in [0.4, 0.5) is 0 Å². The van der Waals surface area contributed by atoms with E-state index in [2.05, 4.69) is 13.8 Å². The molecule has 0 aliphatic heterocycles. The number of rotatable bonds is 11. The van der Waals surface area contributed by atoms with Crippen molar-refractivity contribution in [3.8, 4) is 23.3 Å². The molecular weight excluding hydrogens is 422 g/mol. The summed E-state index contributed by atoms with van der Waals surface area (Å²) in [5, 5.41) is 9.16. The summed E-state index contributed by atoms with van der Waals surface area (Å²) in [6.45, 7) is 6.49. The maximum absolute atomic E-state index is 12.2. The first kappa shape index (κ1) is 25.5. The van der Waals surface area contributed by atoms with E-state index in [0.29, 0.717) is 30.3 Å². The molecule has 0 spiro atoms. The molecule has 0 bridgehead atoms. The Balaban J connectivity index is 1.90. The highest BCUT2D eigenvalue weighted by molar-refractivity contribution is 5.98. The zero-order valence-corrected chi connectivity index (χ0v) is 19.4. The predicted molar refractivity (Wildman–Crippen MR) is 124 cm³/mol. The smallest absolute Gasteiger partial charge is 0.348 e. The summed E-state index contributed by atoms with van der Waals surface area (Å²) in [6, 6.07) is 14.5. The summed E-state index contributed by atoms with van der Waals surface area (Å²) in [5.41, 5.74) is 1.64. The van der Waals surface area contributed by atoms with Gasteiger partial charge in [-0.3, -0.25) is 4.79 Å². The lowest BCUT2D eigenvalue weighted by Crippen LogP contribution is -2.10. The summed E-state index contributed by atoms with van der Waals surface area (Å²) >= 11 is 0. The van der Waals surface area contributed by atoms with Crippen molar-refractivity contribution in [2.45, 2.75) is 39.5 Å². The minimum absolute atomic E-state index is 0.137. The van der Waals surface area contributed by atoms with Crippen molar-refractivity contribution in [1.29, 1.82) is 5.26 Å². The van der Waals surface area contributed by atoms with Crippen molar-refractivity contribution in [3.05, 3.63) is 59.2 Å². The van der Waals surface area contributed by atoms with Gasteiger partial charge in [-0.1, -0.05) is 32.0 Å². The number of carbonyl (C=O) groups is 2. The van der Waals surface area contributed by atoms with Crippen LogP contribution in [-0.4, -0.2) is 32.3 Å². The Labute approximate surface area is 194 Å². The van der Waals surface area contributed by atoms with Gasteiger partial charge in [-0.25, -0.2) is 4.79 Å². The fourth-order valence-electron chi connectivity index (χ4n) is 2.90. The van der Waals surface area contributed by atoms with Gasteiger partial charge < -0.3 is 18.9 Å². The Morgan fingerprint density at radius 3 is 2.42 bits per heavy atom. The van der Waals surface area contributed by atoms with Gasteiger partial charge in [-0.2, -0.15) is 5.26 Å². The molecule has 7 nitrogen and oxygen atoms in total. The second kappa shape index (κ2) is 12.9. The molecule has 0 saturated carbocycles. The van der Waals surface area contributed by atoms with Crippen molar-refractivity contribution < 1.29 is 28.5 Å². The standard InChI is InChI=1S/C26H29NO6/c1-5-31-26(29)21(17-27)15-19-8-13-23(24(16-19)30-4)33-25(28)7-6-14-32-22-11-9-20(10-12-22)18(2)3/h8-13,15-16,18H,5-7,14H2,1-4H3/b21-15+. The highest BCUT2D eigenvalue weighted by Crippen LogP contribution is 2.29. The van der Waals surface area contributed by atoms with Gasteiger partial charge in [0.25, 0.3) is 0 Å². The highest BCUT2D eigenvalue weighted by atomic mass is 16.6. The van der Waals surface area contributed by atoms with E-state index in [1.54, 1.807) is 25.1 Å². The summed E-state index contributed by atoms with van der Waals surface area (Å²) in [4.78, 5) is 24.0. The first-order chi connectivity index (χ1) is 15.9. The van der Waals surface area contributed by atoms with Crippen LogP contribution in [0.1, 0.15) is 50.7 Å². The molecule has 33 heavy (non-hydrogen) atoms. The van der Waals surface area contributed by atoms with Gasteiger partial charge in [0.05, 0.1) is 20.3 Å². The third-order valence-electron chi connectivity index (χ3n) is 4.68. The van der Waals surface area contributed by atoms with E-state index in [9.17, 15) is 9.59 Å². The predicted octanol–water partition coefficient (Wildman–Crippen LogP) is 5.05. The van der Waals surface area contributed by atoms with Crippen molar-refractivity contribution in [2.75, 3.05) is 20.3 Å². The van der Waals surface area contributed by atoms with Gasteiger partial charge in [0.2, 0.25) is 0 Å². The van der Waals surface area contributed by atoms with E-state index in [4.69, 9.17) is 24.2 Å². The van der Waals surface area contributed by atoms with Crippen LogP contribution in [0, 0.1) is 11.3 Å². The van der Waals surface area contributed by atoms with Gasteiger partial charge in [0.15, 0.2) is 11.5 Å². The Morgan fingerprint density at radius 2 is 1.82 bits per heavy atom. The molecule has 0 amide bonds. The average Bonchev–Trinajstić information content (AvgIpc) is 2.81. The van der Waals surface area contributed by atoms with E-state index in [1.165, 1.54) is 18.7 Å². The number of nitriles is 1. The fraction of sp³-hybridized carbons (Fsp3) is 0.346. The zero-order valence-electron chi connectivity index (χ0n) is 19.4. The van der Waals surface area contributed by atoms with E-state index in [1.807, 2.05) is 30.3 Å². The van der Waals surface area contributed by atoms with Crippen LogP contribution in [0.5, 0.6) is 17.2 Å². The molecule has 0 aromatic heterocycles.